The first kappa shape index (κ1) is 15.5. The van der Waals surface area contributed by atoms with Crippen molar-refractivity contribution in [2.24, 2.45) is 7.05 Å². The second kappa shape index (κ2) is 5.87. The van der Waals surface area contributed by atoms with Gasteiger partial charge in [0.05, 0.1) is 0 Å². The van der Waals surface area contributed by atoms with Crippen LogP contribution in [0.1, 0.15) is 68.1 Å². The van der Waals surface area contributed by atoms with Gasteiger partial charge in [-0.15, -0.1) is 0 Å². The molecule has 0 spiro atoms. The fourth-order valence-corrected chi connectivity index (χ4v) is 2.96. The Morgan fingerprint density at radius 1 is 1.33 bits per heavy atom. The Morgan fingerprint density at radius 2 is 1.95 bits per heavy atom. The highest BCUT2D eigenvalue weighted by Gasteiger charge is 2.41. The van der Waals surface area contributed by atoms with E-state index in [1.807, 2.05) is 13.8 Å². The lowest BCUT2D eigenvalue weighted by molar-refractivity contribution is -0.145. The Hall–Kier alpha value is -1.85. The number of nitrogens with zero attached hydrogens (tertiary/aromatic N) is 2. The van der Waals surface area contributed by atoms with Crippen LogP contribution in [0.3, 0.4) is 0 Å². The standard InChI is InChI=1S/C15H23N3O3/c1-10(2)12-9-11(17-18(12)3)13(19)16-15(14(20)21)7-5-4-6-8-15/h9-10H,4-8H2,1-3H3,(H,16,19)(H,20,21). The molecule has 1 aliphatic carbocycles. The first-order chi connectivity index (χ1) is 9.85. The number of rotatable bonds is 4. The van der Waals surface area contributed by atoms with Crippen LogP contribution in [0.5, 0.6) is 0 Å². The van der Waals surface area contributed by atoms with Crippen molar-refractivity contribution in [1.82, 2.24) is 15.1 Å². The third-order valence-electron chi connectivity index (χ3n) is 4.21. The second-order valence-electron chi connectivity index (χ2n) is 6.13. The van der Waals surface area contributed by atoms with Gasteiger partial charge >= 0.3 is 5.97 Å². The lowest BCUT2D eigenvalue weighted by Gasteiger charge is -2.33. The number of hydrogen-bond donors (Lipinski definition) is 2. The van der Waals surface area contributed by atoms with E-state index < -0.39 is 17.4 Å². The van der Waals surface area contributed by atoms with Crippen LogP contribution in [0.2, 0.25) is 0 Å². The Kier molecular flexibility index (Phi) is 4.34. The maximum atomic E-state index is 12.4. The van der Waals surface area contributed by atoms with E-state index in [-0.39, 0.29) is 11.6 Å². The molecule has 1 aliphatic rings. The van der Waals surface area contributed by atoms with E-state index in [2.05, 4.69) is 10.4 Å². The molecule has 0 aromatic carbocycles. The summed E-state index contributed by atoms with van der Waals surface area (Å²) >= 11 is 0. The van der Waals surface area contributed by atoms with Crippen LogP contribution in [-0.4, -0.2) is 32.3 Å². The van der Waals surface area contributed by atoms with Crippen molar-refractivity contribution < 1.29 is 14.7 Å². The minimum absolute atomic E-state index is 0.257. The van der Waals surface area contributed by atoms with Gasteiger partial charge in [-0.25, -0.2) is 4.79 Å². The Labute approximate surface area is 124 Å². The van der Waals surface area contributed by atoms with Crippen molar-refractivity contribution in [1.29, 1.82) is 0 Å². The van der Waals surface area contributed by atoms with Gasteiger partial charge < -0.3 is 10.4 Å². The minimum atomic E-state index is -1.13. The van der Waals surface area contributed by atoms with Gasteiger partial charge in [0, 0.05) is 12.7 Å². The zero-order chi connectivity index (χ0) is 15.6. The highest BCUT2D eigenvalue weighted by atomic mass is 16.4. The van der Waals surface area contributed by atoms with Crippen LogP contribution in [0.15, 0.2) is 6.07 Å². The number of aromatic nitrogens is 2. The highest BCUT2D eigenvalue weighted by molar-refractivity contribution is 5.96. The molecular weight excluding hydrogens is 270 g/mol. The van der Waals surface area contributed by atoms with Gasteiger partial charge in [0.25, 0.3) is 5.91 Å². The second-order valence-corrected chi connectivity index (χ2v) is 6.13. The van der Waals surface area contributed by atoms with Gasteiger partial charge in [0.1, 0.15) is 11.2 Å². The summed E-state index contributed by atoms with van der Waals surface area (Å²) in [6, 6.07) is 1.73. The molecule has 0 atom stereocenters. The lowest BCUT2D eigenvalue weighted by atomic mass is 9.81. The first-order valence-electron chi connectivity index (χ1n) is 7.45. The van der Waals surface area contributed by atoms with Gasteiger partial charge in [-0.3, -0.25) is 9.48 Å². The highest BCUT2D eigenvalue weighted by Crippen LogP contribution is 2.29. The van der Waals surface area contributed by atoms with Crippen molar-refractivity contribution in [3.8, 4) is 0 Å². The van der Waals surface area contributed by atoms with Crippen molar-refractivity contribution in [2.45, 2.75) is 57.4 Å². The van der Waals surface area contributed by atoms with Gasteiger partial charge in [-0.05, 0) is 24.8 Å². The molecule has 6 heteroatoms. The average molecular weight is 293 g/mol. The van der Waals surface area contributed by atoms with Gasteiger partial charge in [0.2, 0.25) is 0 Å². The maximum Gasteiger partial charge on any atom is 0.329 e. The van der Waals surface area contributed by atoms with E-state index in [1.165, 1.54) is 0 Å². The largest absolute Gasteiger partial charge is 0.480 e. The fraction of sp³-hybridized carbons (Fsp3) is 0.667. The number of aryl methyl sites for hydroxylation is 1. The van der Waals surface area contributed by atoms with Crippen LogP contribution in [0.4, 0.5) is 0 Å². The number of nitrogens with one attached hydrogen (secondary N) is 1. The molecule has 1 aromatic heterocycles. The summed E-state index contributed by atoms with van der Waals surface area (Å²) in [4.78, 5) is 23.9. The van der Waals surface area contributed by atoms with E-state index in [1.54, 1.807) is 17.8 Å². The van der Waals surface area contributed by atoms with Crippen molar-refractivity contribution >= 4 is 11.9 Å². The summed E-state index contributed by atoms with van der Waals surface area (Å²) in [7, 11) is 1.79. The Morgan fingerprint density at radius 3 is 2.43 bits per heavy atom. The molecule has 1 heterocycles. The molecular formula is C15H23N3O3. The minimum Gasteiger partial charge on any atom is -0.480 e. The SMILES string of the molecule is CC(C)c1cc(C(=O)NC2(C(=O)O)CCCCC2)nn1C. The van der Waals surface area contributed by atoms with Crippen molar-refractivity contribution in [3.05, 3.63) is 17.5 Å². The summed E-state index contributed by atoms with van der Waals surface area (Å²) < 4.78 is 1.67. The van der Waals surface area contributed by atoms with E-state index in [0.29, 0.717) is 12.8 Å². The molecule has 1 fully saturated rings. The molecule has 0 bridgehead atoms. The van der Waals surface area contributed by atoms with E-state index in [4.69, 9.17) is 0 Å². The number of carbonyl (C=O) groups is 2. The number of hydrogen-bond acceptors (Lipinski definition) is 3. The zero-order valence-electron chi connectivity index (χ0n) is 12.8. The summed E-state index contributed by atoms with van der Waals surface area (Å²) in [5.74, 6) is -1.09. The van der Waals surface area contributed by atoms with E-state index in [0.717, 1.165) is 25.0 Å². The lowest BCUT2D eigenvalue weighted by Crippen LogP contribution is -2.55. The van der Waals surface area contributed by atoms with Crippen LogP contribution < -0.4 is 5.32 Å². The molecule has 116 valence electrons. The normalized spacial score (nSPS) is 17.7. The molecule has 1 amide bonds. The zero-order valence-corrected chi connectivity index (χ0v) is 12.8. The molecule has 0 saturated heterocycles. The third kappa shape index (κ3) is 3.09. The van der Waals surface area contributed by atoms with Crippen molar-refractivity contribution in [3.63, 3.8) is 0 Å². The molecule has 21 heavy (non-hydrogen) atoms. The van der Waals surface area contributed by atoms with E-state index in [9.17, 15) is 14.7 Å². The van der Waals surface area contributed by atoms with E-state index >= 15 is 0 Å². The molecule has 2 rings (SSSR count). The predicted octanol–water partition coefficient (Wildman–Crippen LogP) is 2.06. The molecule has 1 aromatic rings. The van der Waals surface area contributed by atoms with Gasteiger partial charge in [-0.1, -0.05) is 33.1 Å². The molecule has 0 unspecified atom stereocenters. The number of carboxylic acid groups (broad SMARTS) is 1. The number of carbonyl (C=O) groups excluding carboxylic acids is 1. The predicted molar refractivity (Wildman–Crippen MR) is 78.2 cm³/mol. The Balaban J connectivity index is 2.19. The molecule has 0 radical (unpaired) electrons. The summed E-state index contributed by atoms with van der Waals surface area (Å²) in [6.45, 7) is 4.05. The fourth-order valence-electron chi connectivity index (χ4n) is 2.96. The van der Waals surface area contributed by atoms with Crippen molar-refractivity contribution in [2.75, 3.05) is 0 Å². The summed E-state index contributed by atoms with van der Waals surface area (Å²) in [6.07, 6.45) is 3.64. The smallest absolute Gasteiger partial charge is 0.329 e. The molecule has 2 N–H and O–H groups in total. The average Bonchev–Trinajstić information content (AvgIpc) is 2.82. The van der Waals surface area contributed by atoms with Crippen LogP contribution in [-0.2, 0) is 11.8 Å². The quantitative estimate of drug-likeness (QED) is 0.890. The number of carboxylic acids is 1. The monoisotopic (exact) mass is 293 g/mol. The van der Waals surface area contributed by atoms with Gasteiger partial charge in [0.15, 0.2) is 0 Å². The van der Waals surface area contributed by atoms with Crippen LogP contribution >= 0.6 is 0 Å². The number of aliphatic carboxylic acids is 1. The number of amides is 1. The first-order valence-corrected chi connectivity index (χ1v) is 7.45. The third-order valence-corrected chi connectivity index (χ3v) is 4.21. The topological polar surface area (TPSA) is 84.2 Å². The van der Waals surface area contributed by atoms with Crippen LogP contribution in [0, 0.1) is 0 Å². The molecule has 6 nitrogen and oxygen atoms in total. The van der Waals surface area contributed by atoms with Gasteiger partial charge in [-0.2, -0.15) is 5.10 Å². The molecule has 1 saturated carbocycles. The summed E-state index contributed by atoms with van der Waals surface area (Å²) in [5, 5.41) is 16.4. The maximum absolute atomic E-state index is 12.4. The van der Waals surface area contributed by atoms with Crippen LogP contribution in [0.25, 0.3) is 0 Å². The summed E-state index contributed by atoms with van der Waals surface area (Å²) in [5.41, 5.74) is 0.103. The molecule has 0 aliphatic heterocycles. The Bertz CT molecular complexity index is 542.